The molecule has 21 heavy (non-hydrogen) atoms. The highest BCUT2D eigenvalue weighted by molar-refractivity contribution is 5.77. The van der Waals surface area contributed by atoms with E-state index in [1.165, 1.54) is 57.8 Å². The molecular formula is C18H32N2O. The molecule has 3 heteroatoms. The molecule has 2 N–H and O–H groups in total. The fraction of sp³-hybridized carbons (Fsp3) is 0.944. The van der Waals surface area contributed by atoms with E-state index in [0.29, 0.717) is 24.9 Å². The Labute approximate surface area is 129 Å². The van der Waals surface area contributed by atoms with Gasteiger partial charge in [0.15, 0.2) is 0 Å². The Morgan fingerprint density at radius 2 is 1.71 bits per heavy atom. The van der Waals surface area contributed by atoms with Crippen molar-refractivity contribution in [2.75, 3.05) is 13.1 Å². The second kappa shape index (κ2) is 6.68. The monoisotopic (exact) mass is 292 g/mol. The van der Waals surface area contributed by atoms with E-state index >= 15 is 0 Å². The third-order valence-corrected chi connectivity index (χ3v) is 6.44. The van der Waals surface area contributed by atoms with E-state index in [9.17, 15) is 4.79 Å². The van der Waals surface area contributed by atoms with Crippen molar-refractivity contribution in [2.24, 2.45) is 17.1 Å². The van der Waals surface area contributed by atoms with Crippen LogP contribution < -0.4 is 5.73 Å². The predicted molar refractivity (Wildman–Crippen MR) is 85.9 cm³/mol. The van der Waals surface area contributed by atoms with E-state index in [1.54, 1.807) is 0 Å². The van der Waals surface area contributed by atoms with Gasteiger partial charge >= 0.3 is 0 Å². The molecule has 3 aliphatic rings. The summed E-state index contributed by atoms with van der Waals surface area (Å²) >= 11 is 0. The first-order chi connectivity index (χ1) is 10.2. The molecule has 3 nitrogen and oxygen atoms in total. The standard InChI is InChI=1S/C18H32N2O/c19-14-18(10-4-1-5-11-18)13-17(21)20-12-6-8-15-7-2-3-9-16(15)20/h15-16H,1-14,19H2. The van der Waals surface area contributed by atoms with Crippen molar-refractivity contribution in [1.29, 1.82) is 0 Å². The van der Waals surface area contributed by atoms with Gasteiger partial charge in [-0.3, -0.25) is 4.79 Å². The van der Waals surface area contributed by atoms with Crippen LogP contribution in [0.2, 0.25) is 0 Å². The molecule has 0 bridgehead atoms. The molecule has 3 fully saturated rings. The molecule has 2 atom stereocenters. The Kier molecular flexibility index (Phi) is 4.88. The minimum absolute atomic E-state index is 0.122. The predicted octanol–water partition coefficient (Wildman–Crippen LogP) is 3.47. The SMILES string of the molecule is NCC1(CC(=O)N2CCCC3CCCCC32)CCCCC1. The lowest BCUT2D eigenvalue weighted by atomic mass is 9.71. The van der Waals surface area contributed by atoms with Gasteiger partial charge in [-0.2, -0.15) is 0 Å². The fourth-order valence-corrected chi connectivity index (χ4v) is 5.11. The Morgan fingerprint density at radius 1 is 1.00 bits per heavy atom. The number of fused-ring (bicyclic) bond motifs is 1. The highest BCUT2D eigenvalue weighted by Crippen LogP contribution is 2.41. The summed E-state index contributed by atoms with van der Waals surface area (Å²) in [7, 11) is 0. The summed E-state index contributed by atoms with van der Waals surface area (Å²) in [6, 6.07) is 0.554. The average molecular weight is 292 g/mol. The van der Waals surface area contributed by atoms with Crippen LogP contribution in [0.25, 0.3) is 0 Å². The molecule has 2 unspecified atom stereocenters. The third-order valence-electron chi connectivity index (χ3n) is 6.44. The summed E-state index contributed by atoms with van der Waals surface area (Å²) in [5.74, 6) is 1.20. The molecule has 0 spiro atoms. The molecule has 3 rings (SSSR count). The number of piperidine rings is 1. The van der Waals surface area contributed by atoms with Crippen LogP contribution in [0.1, 0.15) is 77.0 Å². The van der Waals surface area contributed by atoms with E-state index in [-0.39, 0.29) is 5.41 Å². The summed E-state index contributed by atoms with van der Waals surface area (Å²) < 4.78 is 0. The summed E-state index contributed by atoms with van der Waals surface area (Å²) in [5, 5.41) is 0. The van der Waals surface area contributed by atoms with Gasteiger partial charge in [0.25, 0.3) is 0 Å². The van der Waals surface area contributed by atoms with Gasteiger partial charge in [-0.25, -0.2) is 0 Å². The number of nitrogens with two attached hydrogens (primary N) is 1. The minimum Gasteiger partial charge on any atom is -0.339 e. The topological polar surface area (TPSA) is 46.3 Å². The number of carbonyl (C=O) groups is 1. The van der Waals surface area contributed by atoms with Crippen LogP contribution in [0.3, 0.4) is 0 Å². The van der Waals surface area contributed by atoms with E-state index < -0.39 is 0 Å². The van der Waals surface area contributed by atoms with Crippen LogP contribution in [-0.2, 0) is 4.79 Å². The van der Waals surface area contributed by atoms with Gasteiger partial charge in [-0.1, -0.05) is 32.1 Å². The Hall–Kier alpha value is -0.570. The molecule has 2 aliphatic carbocycles. The van der Waals surface area contributed by atoms with Crippen LogP contribution in [0.4, 0.5) is 0 Å². The molecule has 1 aliphatic heterocycles. The molecule has 120 valence electrons. The number of hydrogen-bond donors (Lipinski definition) is 1. The lowest BCUT2D eigenvalue weighted by Crippen LogP contribution is -2.51. The lowest BCUT2D eigenvalue weighted by molar-refractivity contribution is -0.140. The molecule has 1 amide bonds. The third kappa shape index (κ3) is 3.28. The Morgan fingerprint density at radius 3 is 2.48 bits per heavy atom. The van der Waals surface area contributed by atoms with Gasteiger partial charge in [0.1, 0.15) is 0 Å². The largest absolute Gasteiger partial charge is 0.339 e. The van der Waals surface area contributed by atoms with Crippen LogP contribution in [-0.4, -0.2) is 29.9 Å². The Balaban J connectivity index is 1.65. The van der Waals surface area contributed by atoms with Gasteiger partial charge in [0.2, 0.25) is 5.91 Å². The second-order valence-corrected chi connectivity index (χ2v) is 7.78. The first kappa shape index (κ1) is 15.3. The highest BCUT2D eigenvalue weighted by atomic mass is 16.2. The van der Waals surface area contributed by atoms with Crippen molar-refractivity contribution in [1.82, 2.24) is 4.90 Å². The van der Waals surface area contributed by atoms with Gasteiger partial charge in [-0.05, 0) is 56.4 Å². The van der Waals surface area contributed by atoms with Crippen molar-refractivity contribution in [3.8, 4) is 0 Å². The van der Waals surface area contributed by atoms with Crippen molar-refractivity contribution in [3.05, 3.63) is 0 Å². The summed E-state index contributed by atoms with van der Waals surface area (Å²) in [6.07, 6.45) is 14.7. The van der Waals surface area contributed by atoms with Crippen molar-refractivity contribution < 1.29 is 4.79 Å². The fourth-order valence-electron chi connectivity index (χ4n) is 5.11. The normalized spacial score (nSPS) is 32.5. The summed E-state index contributed by atoms with van der Waals surface area (Å²) in [4.78, 5) is 15.2. The van der Waals surface area contributed by atoms with Crippen LogP contribution >= 0.6 is 0 Å². The molecule has 0 aromatic rings. The van der Waals surface area contributed by atoms with Crippen LogP contribution in [0.15, 0.2) is 0 Å². The molecule has 0 radical (unpaired) electrons. The molecule has 1 saturated heterocycles. The zero-order valence-electron chi connectivity index (χ0n) is 13.5. The number of hydrogen-bond acceptors (Lipinski definition) is 2. The van der Waals surface area contributed by atoms with Gasteiger partial charge < -0.3 is 10.6 Å². The van der Waals surface area contributed by atoms with Crippen LogP contribution in [0, 0.1) is 11.3 Å². The maximum atomic E-state index is 13.0. The van der Waals surface area contributed by atoms with Gasteiger partial charge in [0.05, 0.1) is 0 Å². The maximum Gasteiger partial charge on any atom is 0.223 e. The summed E-state index contributed by atoms with van der Waals surface area (Å²) in [5.41, 5.74) is 6.20. The van der Waals surface area contributed by atoms with Gasteiger partial charge in [0, 0.05) is 19.0 Å². The molecule has 2 saturated carbocycles. The lowest BCUT2D eigenvalue weighted by Gasteiger charge is -2.46. The van der Waals surface area contributed by atoms with Crippen molar-refractivity contribution in [2.45, 2.75) is 83.1 Å². The molecule has 1 heterocycles. The first-order valence-corrected chi connectivity index (χ1v) is 9.24. The molecular weight excluding hydrogens is 260 g/mol. The minimum atomic E-state index is 0.122. The quantitative estimate of drug-likeness (QED) is 0.866. The van der Waals surface area contributed by atoms with Gasteiger partial charge in [-0.15, -0.1) is 0 Å². The second-order valence-electron chi connectivity index (χ2n) is 7.78. The number of likely N-dealkylation sites (tertiary alicyclic amines) is 1. The maximum absolute atomic E-state index is 13.0. The number of rotatable bonds is 3. The molecule has 0 aromatic carbocycles. The highest BCUT2D eigenvalue weighted by Gasteiger charge is 2.39. The zero-order chi connectivity index (χ0) is 14.7. The zero-order valence-corrected chi connectivity index (χ0v) is 13.5. The number of carbonyl (C=O) groups excluding carboxylic acids is 1. The van der Waals surface area contributed by atoms with E-state index in [2.05, 4.69) is 4.90 Å². The van der Waals surface area contributed by atoms with E-state index in [4.69, 9.17) is 5.73 Å². The smallest absolute Gasteiger partial charge is 0.223 e. The number of amides is 1. The van der Waals surface area contributed by atoms with E-state index in [1.807, 2.05) is 0 Å². The molecule has 0 aromatic heterocycles. The average Bonchev–Trinajstić information content (AvgIpc) is 2.55. The van der Waals surface area contributed by atoms with E-state index in [0.717, 1.165) is 25.3 Å². The number of nitrogens with zero attached hydrogens (tertiary/aromatic N) is 1. The van der Waals surface area contributed by atoms with Crippen molar-refractivity contribution in [3.63, 3.8) is 0 Å². The Bertz CT molecular complexity index is 360. The van der Waals surface area contributed by atoms with Crippen LogP contribution in [0.5, 0.6) is 0 Å². The summed E-state index contributed by atoms with van der Waals surface area (Å²) in [6.45, 7) is 1.70. The first-order valence-electron chi connectivity index (χ1n) is 9.24. The van der Waals surface area contributed by atoms with Crippen molar-refractivity contribution >= 4 is 5.91 Å².